The molecule has 1 atom stereocenters. The Kier molecular flexibility index (Phi) is 3.99. The highest BCUT2D eigenvalue weighted by Gasteiger charge is 2.23. The molecule has 1 aromatic rings. The van der Waals surface area contributed by atoms with Crippen LogP contribution in [0.4, 0.5) is 0 Å². The van der Waals surface area contributed by atoms with E-state index in [9.17, 15) is 9.90 Å². The van der Waals surface area contributed by atoms with E-state index in [0.717, 1.165) is 5.69 Å². The minimum absolute atomic E-state index is 0.330. The van der Waals surface area contributed by atoms with Gasteiger partial charge in [0, 0.05) is 5.69 Å². The van der Waals surface area contributed by atoms with Crippen molar-refractivity contribution in [3.63, 3.8) is 0 Å². The molecule has 0 aliphatic rings. The van der Waals surface area contributed by atoms with Gasteiger partial charge in [-0.15, -0.1) is 0 Å². The second kappa shape index (κ2) is 5.05. The van der Waals surface area contributed by atoms with Crippen LogP contribution in [0.25, 0.3) is 0 Å². The molecule has 4 heteroatoms. The average Bonchev–Trinajstić information content (AvgIpc) is 2.11. The van der Waals surface area contributed by atoms with Gasteiger partial charge in [0.15, 0.2) is 0 Å². The number of carboxylic acids is 1. The van der Waals surface area contributed by atoms with E-state index in [1.54, 1.807) is 13.0 Å². The molecule has 0 bridgehead atoms. The van der Waals surface area contributed by atoms with Crippen LogP contribution in [-0.4, -0.2) is 21.0 Å². The predicted molar refractivity (Wildman–Crippen MR) is 61.3 cm³/mol. The molecular formula is C12H18N2O2. The summed E-state index contributed by atoms with van der Waals surface area (Å²) < 4.78 is 0. The van der Waals surface area contributed by atoms with E-state index in [4.69, 9.17) is 0 Å². The Labute approximate surface area is 95.7 Å². The Hall–Kier alpha value is -1.45. The van der Waals surface area contributed by atoms with Gasteiger partial charge in [-0.25, -0.2) is 9.97 Å². The third-order valence-electron chi connectivity index (χ3n) is 2.35. The maximum absolute atomic E-state index is 11.2. The summed E-state index contributed by atoms with van der Waals surface area (Å²) in [6.45, 7) is 7.66. The second-order valence-electron chi connectivity index (χ2n) is 4.50. The molecule has 1 N–H and O–H groups in total. The van der Waals surface area contributed by atoms with Gasteiger partial charge in [-0.1, -0.05) is 13.8 Å². The number of carbonyl (C=O) groups is 1. The van der Waals surface area contributed by atoms with Crippen molar-refractivity contribution < 1.29 is 9.90 Å². The normalized spacial score (nSPS) is 12.8. The summed E-state index contributed by atoms with van der Waals surface area (Å²) in [6.07, 6.45) is 0.602. The average molecular weight is 222 g/mol. The molecule has 88 valence electrons. The van der Waals surface area contributed by atoms with Crippen molar-refractivity contribution in [2.24, 2.45) is 5.92 Å². The molecule has 0 saturated heterocycles. The fourth-order valence-corrected chi connectivity index (χ4v) is 1.74. The highest BCUT2D eigenvalue weighted by molar-refractivity contribution is 5.75. The van der Waals surface area contributed by atoms with Crippen molar-refractivity contribution in [1.29, 1.82) is 0 Å². The van der Waals surface area contributed by atoms with E-state index in [1.807, 2.05) is 20.8 Å². The molecule has 0 aromatic carbocycles. The summed E-state index contributed by atoms with van der Waals surface area (Å²) in [5, 5.41) is 9.20. The lowest BCUT2D eigenvalue weighted by atomic mass is 9.94. The van der Waals surface area contributed by atoms with Gasteiger partial charge in [0.1, 0.15) is 5.82 Å². The first-order valence-electron chi connectivity index (χ1n) is 5.45. The third-order valence-corrected chi connectivity index (χ3v) is 2.35. The van der Waals surface area contributed by atoms with Gasteiger partial charge in [0.25, 0.3) is 0 Å². The zero-order valence-corrected chi connectivity index (χ0v) is 10.2. The van der Waals surface area contributed by atoms with Gasteiger partial charge >= 0.3 is 5.97 Å². The molecule has 0 spiro atoms. The van der Waals surface area contributed by atoms with Crippen LogP contribution in [0.1, 0.15) is 43.4 Å². The third kappa shape index (κ3) is 3.29. The van der Waals surface area contributed by atoms with Gasteiger partial charge in [-0.05, 0) is 32.3 Å². The summed E-state index contributed by atoms with van der Waals surface area (Å²) in [5.74, 6) is -0.381. The standard InChI is InChI=1S/C12H18N2O2/c1-7(2)5-10(12(15)16)11-6-8(3)13-9(4)14-11/h6-7,10H,5H2,1-4H3,(H,15,16). The SMILES string of the molecule is Cc1cc(C(CC(C)C)C(=O)O)nc(C)n1. The number of rotatable bonds is 4. The van der Waals surface area contributed by atoms with Crippen molar-refractivity contribution in [2.45, 2.75) is 40.0 Å². The smallest absolute Gasteiger partial charge is 0.312 e. The van der Waals surface area contributed by atoms with E-state index in [2.05, 4.69) is 9.97 Å². The Bertz CT molecular complexity index is 368. The summed E-state index contributed by atoms with van der Waals surface area (Å²) in [5.41, 5.74) is 1.43. The highest BCUT2D eigenvalue weighted by atomic mass is 16.4. The zero-order valence-electron chi connectivity index (χ0n) is 10.2. The number of nitrogens with zero attached hydrogens (tertiary/aromatic N) is 2. The summed E-state index contributed by atoms with van der Waals surface area (Å²) in [6, 6.07) is 1.76. The zero-order chi connectivity index (χ0) is 12.3. The molecule has 0 fully saturated rings. The van der Waals surface area contributed by atoms with Gasteiger partial charge in [-0.2, -0.15) is 0 Å². The first-order chi connectivity index (χ1) is 7.40. The first kappa shape index (κ1) is 12.6. The van der Waals surface area contributed by atoms with Crippen LogP contribution in [0.15, 0.2) is 6.07 Å². The maximum Gasteiger partial charge on any atom is 0.312 e. The molecule has 16 heavy (non-hydrogen) atoms. The number of aliphatic carboxylic acids is 1. The molecule has 0 saturated carbocycles. The summed E-state index contributed by atoms with van der Waals surface area (Å²) in [4.78, 5) is 19.6. The molecule has 4 nitrogen and oxygen atoms in total. The van der Waals surface area contributed by atoms with Crippen molar-refractivity contribution in [2.75, 3.05) is 0 Å². The first-order valence-corrected chi connectivity index (χ1v) is 5.45. The van der Waals surface area contributed by atoms with E-state index < -0.39 is 11.9 Å². The van der Waals surface area contributed by atoms with Crippen LogP contribution in [0.5, 0.6) is 0 Å². The molecule has 0 radical (unpaired) electrons. The van der Waals surface area contributed by atoms with Gasteiger partial charge < -0.3 is 5.11 Å². The Morgan fingerprint density at radius 3 is 2.44 bits per heavy atom. The Morgan fingerprint density at radius 2 is 2.00 bits per heavy atom. The number of aryl methyl sites for hydroxylation is 2. The summed E-state index contributed by atoms with van der Waals surface area (Å²) >= 11 is 0. The lowest BCUT2D eigenvalue weighted by Gasteiger charge is -2.14. The molecule has 0 amide bonds. The number of aromatic nitrogens is 2. The highest BCUT2D eigenvalue weighted by Crippen LogP contribution is 2.23. The lowest BCUT2D eigenvalue weighted by Crippen LogP contribution is -2.16. The molecule has 1 unspecified atom stereocenters. The molecule has 0 aliphatic carbocycles. The largest absolute Gasteiger partial charge is 0.481 e. The van der Waals surface area contributed by atoms with E-state index in [0.29, 0.717) is 23.9 Å². The van der Waals surface area contributed by atoms with Crippen LogP contribution >= 0.6 is 0 Å². The van der Waals surface area contributed by atoms with Crippen molar-refractivity contribution in [3.8, 4) is 0 Å². The van der Waals surface area contributed by atoms with Gasteiger partial charge in [-0.3, -0.25) is 4.79 Å². The van der Waals surface area contributed by atoms with Crippen LogP contribution in [0.3, 0.4) is 0 Å². The Morgan fingerprint density at radius 1 is 1.38 bits per heavy atom. The minimum Gasteiger partial charge on any atom is -0.481 e. The van der Waals surface area contributed by atoms with Crippen molar-refractivity contribution >= 4 is 5.97 Å². The number of carboxylic acid groups (broad SMARTS) is 1. The van der Waals surface area contributed by atoms with E-state index in [-0.39, 0.29) is 0 Å². The van der Waals surface area contributed by atoms with Crippen molar-refractivity contribution in [1.82, 2.24) is 9.97 Å². The number of hydrogen-bond acceptors (Lipinski definition) is 3. The predicted octanol–water partition coefficient (Wildman–Crippen LogP) is 2.31. The second-order valence-corrected chi connectivity index (χ2v) is 4.50. The van der Waals surface area contributed by atoms with Gasteiger partial charge in [0.2, 0.25) is 0 Å². The van der Waals surface area contributed by atoms with Crippen molar-refractivity contribution in [3.05, 3.63) is 23.3 Å². The topological polar surface area (TPSA) is 63.1 Å². The molecule has 1 heterocycles. The van der Waals surface area contributed by atoms with Crippen LogP contribution < -0.4 is 0 Å². The quantitative estimate of drug-likeness (QED) is 0.849. The van der Waals surface area contributed by atoms with E-state index >= 15 is 0 Å². The minimum atomic E-state index is -0.814. The Balaban J connectivity index is 3.05. The van der Waals surface area contributed by atoms with Crippen LogP contribution in [0, 0.1) is 19.8 Å². The summed E-state index contributed by atoms with van der Waals surface area (Å²) in [7, 11) is 0. The fraction of sp³-hybridized carbons (Fsp3) is 0.583. The lowest BCUT2D eigenvalue weighted by molar-refractivity contribution is -0.139. The van der Waals surface area contributed by atoms with E-state index in [1.165, 1.54) is 0 Å². The maximum atomic E-state index is 11.2. The molecular weight excluding hydrogens is 204 g/mol. The van der Waals surface area contributed by atoms with Crippen LogP contribution in [0.2, 0.25) is 0 Å². The monoisotopic (exact) mass is 222 g/mol. The molecule has 0 aliphatic heterocycles. The molecule has 1 rings (SSSR count). The fourth-order valence-electron chi connectivity index (χ4n) is 1.74. The van der Waals surface area contributed by atoms with Gasteiger partial charge in [0.05, 0.1) is 11.6 Å². The number of hydrogen-bond donors (Lipinski definition) is 1. The molecule has 1 aromatic heterocycles. The van der Waals surface area contributed by atoms with Crippen LogP contribution in [-0.2, 0) is 4.79 Å².